The lowest BCUT2D eigenvalue weighted by Gasteiger charge is -2.20. The van der Waals surface area contributed by atoms with E-state index in [4.69, 9.17) is 6.15 Å². The molecule has 0 bridgehead atoms. The predicted octanol–water partition coefficient (Wildman–Crippen LogP) is 0.794. The molecule has 0 saturated heterocycles. The highest BCUT2D eigenvalue weighted by Crippen LogP contribution is 2.39. The van der Waals surface area contributed by atoms with E-state index in [9.17, 15) is 18.0 Å². The molecule has 10 heteroatoms. The topological polar surface area (TPSA) is 119 Å². The van der Waals surface area contributed by atoms with Gasteiger partial charge >= 0.3 is 0 Å². The van der Waals surface area contributed by atoms with Crippen molar-refractivity contribution in [3.63, 3.8) is 0 Å². The Morgan fingerprint density at radius 3 is 2.86 bits per heavy atom. The molecule has 9 nitrogen and oxygen atoms in total. The quantitative estimate of drug-likeness (QED) is 0.767. The molecule has 3 heterocycles. The van der Waals surface area contributed by atoms with E-state index in [0.29, 0.717) is 22.3 Å². The summed E-state index contributed by atoms with van der Waals surface area (Å²) in [5, 5.41) is 0.489. The number of amides is 2. The molecule has 29 heavy (non-hydrogen) atoms. The maximum atomic E-state index is 12.9. The van der Waals surface area contributed by atoms with Crippen LogP contribution in [0, 0.1) is 0 Å². The van der Waals surface area contributed by atoms with Crippen LogP contribution in [0.3, 0.4) is 0 Å². The van der Waals surface area contributed by atoms with Gasteiger partial charge in [-0.3, -0.25) is 9.59 Å². The highest BCUT2D eigenvalue weighted by molar-refractivity contribution is 7.91. The smallest absolute Gasteiger partial charge is 0.289 e. The molecule has 2 aromatic rings. The van der Waals surface area contributed by atoms with Crippen LogP contribution in [0.25, 0.3) is 0 Å². The van der Waals surface area contributed by atoms with E-state index in [1.807, 2.05) is 0 Å². The van der Waals surface area contributed by atoms with Crippen molar-refractivity contribution in [2.45, 2.75) is 30.4 Å². The molecule has 0 spiro atoms. The number of hydrogen-bond acceptors (Lipinski definition) is 7. The minimum Gasteiger partial charge on any atom is -0.489 e. The molecular formula is C19H20N4O5S. The van der Waals surface area contributed by atoms with Gasteiger partial charge in [-0.25, -0.2) is 18.4 Å². The van der Waals surface area contributed by atoms with E-state index in [0.717, 1.165) is 0 Å². The van der Waals surface area contributed by atoms with Crippen LogP contribution in [0.2, 0.25) is 1.41 Å². The summed E-state index contributed by atoms with van der Waals surface area (Å²) in [5.41, 5.74) is 1.20. The van der Waals surface area contributed by atoms with Crippen molar-refractivity contribution in [3.05, 3.63) is 47.5 Å². The van der Waals surface area contributed by atoms with Gasteiger partial charge in [0.1, 0.15) is 23.1 Å². The molecule has 1 aromatic carbocycles. The van der Waals surface area contributed by atoms with Crippen LogP contribution < -0.4 is 14.9 Å². The standard InChI is InChI=1S/C19H20N4O5S/c1-19(2)15-11(10-29(19,26)27)8-20-16(22-15)17(24)21-12-9-28-14-7-5-4-6-13(14)23(3)18(12)25/h4-8,12H,9-10H2,1-3H3,(H,21,24)/t12-/m0/s1/i/hD. The number of anilines is 1. The van der Waals surface area contributed by atoms with Gasteiger partial charge in [-0.05, 0) is 26.0 Å². The number of benzene rings is 1. The van der Waals surface area contributed by atoms with E-state index < -0.39 is 32.4 Å². The highest BCUT2D eigenvalue weighted by atomic mass is 32.2. The van der Waals surface area contributed by atoms with E-state index in [1.165, 1.54) is 24.9 Å². The van der Waals surface area contributed by atoms with E-state index >= 15 is 0 Å². The Balaban J connectivity index is 1.63. The monoisotopic (exact) mass is 417 g/mol. The van der Waals surface area contributed by atoms with Crippen molar-refractivity contribution >= 4 is 27.3 Å². The van der Waals surface area contributed by atoms with Crippen LogP contribution in [0.1, 0.15) is 35.7 Å². The summed E-state index contributed by atoms with van der Waals surface area (Å²) in [4.78, 5) is 35.2. The zero-order valence-corrected chi connectivity index (χ0v) is 16.9. The lowest BCUT2D eigenvalue weighted by atomic mass is 10.1. The number of para-hydroxylation sites is 2. The molecule has 0 saturated carbocycles. The first-order chi connectivity index (χ1) is 14.0. The van der Waals surface area contributed by atoms with Gasteiger partial charge in [-0.2, -0.15) is 0 Å². The number of nitrogens with one attached hydrogen (secondary N) is 1. The Kier molecular flexibility index (Phi) is 4.05. The van der Waals surface area contributed by atoms with Crippen molar-refractivity contribution in [1.29, 1.82) is 0 Å². The maximum absolute atomic E-state index is 12.9. The Hall–Kier alpha value is -3.01. The van der Waals surface area contributed by atoms with Crippen LogP contribution in [-0.2, 0) is 25.1 Å². The Labute approximate surface area is 169 Å². The summed E-state index contributed by atoms with van der Waals surface area (Å²) in [5.74, 6) is -1.48. The van der Waals surface area contributed by atoms with Crippen LogP contribution in [0.15, 0.2) is 30.5 Å². The third-order valence-corrected chi connectivity index (χ3v) is 7.70. The molecule has 0 aliphatic carbocycles. The maximum Gasteiger partial charge on any atom is 0.289 e. The summed E-state index contributed by atoms with van der Waals surface area (Å²) in [6.07, 6.45) is 1.29. The van der Waals surface area contributed by atoms with Gasteiger partial charge in [0.25, 0.3) is 11.8 Å². The Morgan fingerprint density at radius 1 is 1.38 bits per heavy atom. The molecule has 1 atom stereocenters. The molecule has 0 radical (unpaired) electrons. The van der Waals surface area contributed by atoms with Gasteiger partial charge in [0.2, 0.25) is 5.82 Å². The number of rotatable bonds is 2. The summed E-state index contributed by atoms with van der Waals surface area (Å²) >= 11 is 0. The molecule has 152 valence electrons. The number of nitrogens with zero attached hydrogens (tertiary/aromatic N) is 3. The average Bonchev–Trinajstić information content (AvgIpc) is 2.81. The second-order valence-electron chi connectivity index (χ2n) is 7.46. The van der Waals surface area contributed by atoms with Gasteiger partial charge in [0.15, 0.2) is 11.2 Å². The van der Waals surface area contributed by atoms with Crippen LogP contribution >= 0.6 is 0 Å². The minimum atomic E-state index is -3.47. The highest BCUT2D eigenvalue weighted by Gasteiger charge is 2.46. The van der Waals surface area contributed by atoms with Crippen LogP contribution in [-0.4, -0.2) is 49.9 Å². The Bertz CT molecular complexity index is 1170. The molecule has 4 rings (SSSR count). The lowest BCUT2D eigenvalue weighted by Crippen LogP contribution is -2.49. The fraction of sp³-hybridized carbons (Fsp3) is 0.368. The second-order valence-corrected chi connectivity index (χ2v) is 10.0. The third-order valence-electron chi connectivity index (χ3n) is 5.26. The first-order valence-corrected chi connectivity index (χ1v) is 10.6. The number of ether oxygens (including phenoxy) is 1. The number of carbonyl (C=O) groups excluding carboxylic acids is 2. The number of fused-ring (bicyclic) bond motifs is 2. The molecule has 0 unspecified atom stereocenters. The van der Waals surface area contributed by atoms with Gasteiger partial charge in [-0.15, -0.1) is 0 Å². The average molecular weight is 417 g/mol. The second kappa shape index (κ2) is 6.51. The fourth-order valence-corrected chi connectivity index (χ4v) is 4.85. The summed E-state index contributed by atoms with van der Waals surface area (Å²) in [6, 6.07) is 5.70. The number of hydrogen-bond donors (Lipinski definition) is 1. The zero-order chi connectivity index (χ0) is 21.8. The van der Waals surface area contributed by atoms with Crippen molar-refractivity contribution < 1.29 is 24.2 Å². The van der Waals surface area contributed by atoms with E-state index in [-0.39, 0.29) is 23.9 Å². The van der Waals surface area contributed by atoms with Crippen LogP contribution in [0.4, 0.5) is 5.69 Å². The summed E-state index contributed by atoms with van der Waals surface area (Å²) in [6.45, 7) is 2.83. The van der Waals surface area contributed by atoms with Crippen LogP contribution in [0.5, 0.6) is 5.75 Å². The molecule has 2 aliphatic heterocycles. The molecule has 0 fully saturated rings. The molecule has 2 amide bonds. The van der Waals surface area contributed by atoms with Gasteiger partial charge in [0.05, 0.1) is 17.1 Å². The predicted molar refractivity (Wildman–Crippen MR) is 104 cm³/mol. The normalized spacial score (nSPS) is 22.0. The summed E-state index contributed by atoms with van der Waals surface area (Å²) in [7, 11) is -1.93. The third kappa shape index (κ3) is 3.03. The Morgan fingerprint density at radius 2 is 2.10 bits per heavy atom. The fourth-order valence-electron chi connectivity index (χ4n) is 3.40. The van der Waals surface area contributed by atoms with Gasteiger partial charge < -0.3 is 14.9 Å². The minimum absolute atomic E-state index is 0.202. The SMILES string of the molecule is [2H]N(C(=O)c1ncc2c(n1)C(C)(C)S(=O)(=O)C2)[C@H]1COc2ccccc2N(C)C1=O. The van der Waals surface area contributed by atoms with Crippen molar-refractivity contribution in [3.8, 4) is 5.75 Å². The largest absolute Gasteiger partial charge is 0.489 e. The molecule has 1 aromatic heterocycles. The van der Waals surface area contributed by atoms with Crippen molar-refractivity contribution in [2.24, 2.45) is 0 Å². The summed E-state index contributed by atoms with van der Waals surface area (Å²) < 4.78 is 37.4. The van der Waals surface area contributed by atoms with Gasteiger partial charge in [-0.1, -0.05) is 12.1 Å². The number of carbonyl (C=O) groups is 2. The number of sulfone groups is 1. The number of aromatic nitrogens is 2. The van der Waals surface area contributed by atoms with Crippen molar-refractivity contribution in [2.75, 3.05) is 18.6 Å². The first-order valence-electron chi connectivity index (χ1n) is 9.40. The van der Waals surface area contributed by atoms with E-state index in [2.05, 4.69) is 9.97 Å². The van der Waals surface area contributed by atoms with Gasteiger partial charge in [0, 0.05) is 18.8 Å². The number of likely N-dealkylation sites (N-methyl/N-ethyl adjacent to an activating group) is 1. The lowest BCUT2D eigenvalue weighted by molar-refractivity contribution is -0.120. The first kappa shape index (κ1) is 18.0. The molecular weight excluding hydrogens is 396 g/mol. The van der Waals surface area contributed by atoms with E-state index in [1.54, 1.807) is 31.3 Å². The zero-order valence-electron chi connectivity index (χ0n) is 17.1. The van der Waals surface area contributed by atoms with Crippen molar-refractivity contribution in [1.82, 2.24) is 15.3 Å². The molecule has 2 aliphatic rings. The molecule has 1 N–H and O–H groups in total.